The topological polar surface area (TPSA) is 21.3 Å². The number of hydrogen-bond acceptors (Lipinski definition) is 2. The van der Waals surface area contributed by atoms with Crippen molar-refractivity contribution in [2.45, 2.75) is 25.0 Å². The van der Waals surface area contributed by atoms with Crippen molar-refractivity contribution in [3.63, 3.8) is 0 Å². The van der Waals surface area contributed by atoms with E-state index in [2.05, 4.69) is 53.9 Å². The largest absolute Gasteiger partial charge is 0.489 e. The van der Waals surface area contributed by atoms with E-state index in [4.69, 9.17) is 27.9 Å². The Balaban J connectivity index is 1.38. The van der Waals surface area contributed by atoms with E-state index in [1.165, 1.54) is 11.1 Å². The Hall–Kier alpha value is -2.42. The van der Waals surface area contributed by atoms with Crippen molar-refractivity contribution in [2.75, 3.05) is 5.32 Å². The number of ether oxygens (including phenoxy) is 1. The molecular weight excluding hydrogens is 401 g/mol. The number of anilines is 1. The molecule has 5 rings (SSSR count). The lowest BCUT2D eigenvalue weighted by Crippen LogP contribution is -2.29. The molecule has 3 aromatic rings. The molecule has 1 aliphatic heterocycles. The molecule has 3 atom stereocenters. The maximum atomic E-state index is 6.52. The van der Waals surface area contributed by atoms with E-state index in [-0.39, 0.29) is 6.04 Å². The predicted octanol–water partition coefficient (Wildman–Crippen LogP) is 7.40. The molecule has 1 heterocycles. The third kappa shape index (κ3) is 3.63. The van der Waals surface area contributed by atoms with Crippen LogP contribution in [0.2, 0.25) is 10.0 Å². The summed E-state index contributed by atoms with van der Waals surface area (Å²) in [6.07, 6.45) is 5.60. The molecule has 0 amide bonds. The van der Waals surface area contributed by atoms with Crippen LogP contribution in [0, 0.1) is 5.92 Å². The summed E-state index contributed by atoms with van der Waals surface area (Å²) in [5.41, 5.74) is 4.60. The van der Waals surface area contributed by atoms with E-state index in [9.17, 15) is 0 Å². The first-order chi connectivity index (χ1) is 14.2. The molecule has 2 nitrogen and oxygen atoms in total. The number of nitrogens with one attached hydrogen (secondary N) is 1. The normalized spacial score (nSPS) is 21.9. The van der Waals surface area contributed by atoms with Crippen LogP contribution in [0.4, 0.5) is 5.69 Å². The van der Waals surface area contributed by atoms with Gasteiger partial charge in [-0.15, -0.1) is 0 Å². The van der Waals surface area contributed by atoms with Gasteiger partial charge in [0.25, 0.3) is 0 Å². The van der Waals surface area contributed by atoms with Crippen LogP contribution in [0.25, 0.3) is 0 Å². The number of benzene rings is 3. The van der Waals surface area contributed by atoms with Crippen LogP contribution >= 0.6 is 23.2 Å². The van der Waals surface area contributed by atoms with E-state index in [0.717, 1.165) is 23.4 Å². The van der Waals surface area contributed by atoms with Gasteiger partial charge in [-0.3, -0.25) is 0 Å². The van der Waals surface area contributed by atoms with Crippen molar-refractivity contribution >= 4 is 28.9 Å². The molecular formula is C25H21Cl2NO. The quantitative estimate of drug-likeness (QED) is 0.443. The number of hydrogen-bond donors (Lipinski definition) is 1. The Kier molecular flexibility index (Phi) is 4.99. The molecule has 3 aromatic carbocycles. The SMILES string of the molecule is Clc1cc(Cl)c2c(c1)[C@@H]1C=CC[C@@H]1[C@H](c1ccc(OCc3ccccc3)cc1)N2. The first-order valence-electron chi connectivity index (χ1n) is 9.88. The Morgan fingerprint density at radius 1 is 0.966 bits per heavy atom. The maximum Gasteiger partial charge on any atom is 0.119 e. The highest BCUT2D eigenvalue weighted by atomic mass is 35.5. The maximum absolute atomic E-state index is 6.52. The van der Waals surface area contributed by atoms with Crippen LogP contribution < -0.4 is 10.1 Å². The second-order valence-corrected chi connectivity index (χ2v) is 8.51. The molecule has 0 aromatic heterocycles. The standard InChI is InChI=1S/C25H21Cl2NO/c26-18-13-22-20-7-4-8-21(20)24(28-25(22)23(27)14-18)17-9-11-19(12-10-17)29-15-16-5-2-1-3-6-16/h1-7,9-14,20-21,24,28H,8,15H2/t20-,21+,24+/m1/s1. The van der Waals surface area contributed by atoms with Crippen molar-refractivity contribution in [1.29, 1.82) is 0 Å². The van der Waals surface area contributed by atoms with Gasteiger partial charge in [0.05, 0.1) is 16.8 Å². The third-order valence-electron chi connectivity index (χ3n) is 5.87. The van der Waals surface area contributed by atoms with Crippen LogP contribution in [0.3, 0.4) is 0 Å². The first-order valence-corrected chi connectivity index (χ1v) is 10.6. The van der Waals surface area contributed by atoms with E-state index < -0.39 is 0 Å². The highest BCUT2D eigenvalue weighted by Gasteiger charge is 2.38. The van der Waals surface area contributed by atoms with Gasteiger partial charge in [-0.25, -0.2) is 0 Å². The Morgan fingerprint density at radius 3 is 2.55 bits per heavy atom. The summed E-state index contributed by atoms with van der Waals surface area (Å²) in [6, 6.07) is 22.7. The van der Waals surface area contributed by atoms with E-state index in [1.807, 2.05) is 30.3 Å². The van der Waals surface area contributed by atoms with Crippen molar-refractivity contribution in [2.24, 2.45) is 5.92 Å². The van der Waals surface area contributed by atoms with Gasteiger partial charge in [-0.1, -0.05) is 77.8 Å². The summed E-state index contributed by atoms with van der Waals surface area (Å²) in [5.74, 6) is 1.66. The van der Waals surface area contributed by atoms with Gasteiger partial charge in [0.15, 0.2) is 0 Å². The molecule has 29 heavy (non-hydrogen) atoms. The lowest BCUT2D eigenvalue weighted by Gasteiger charge is -2.38. The second kappa shape index (κ2) is 7.78. The fraction of sp³-hybridized carbons (Fsp3) is 0.200. The molecule has 0 radical (unpaired) electrons. The monoisotopic (exact) mass is 421 g/mol. The summed E-state index contributed by atoms with van der Waals surface area (Å²) in [7, 11) is 0. The van der Waals surface area contributed by atoms with Gasteiger partial charge in [-0.2, -0.15) is 0 Å². The molecule has 0 saturated heterocycles. The fourth-order valence-corrected chi connectivity index (χ4v) is 5.03. The highest BCUT2D eigenvalue weighted by molar-refractivity contribution is 6.36. The molecule has 1 aliphatic carbocycles. The van der Waals surface area contributed by atoms with Crippen molar-refractivity contribution < 1.29 is 4.74 Å². The third-order valence-corrected chi connectivity index (χ3v) is 6.39. The minimum Gasteiger partial charge on any atom is -0.489 e. The molecule has 0 unspecified atom stereocenters. The number of fused-ring (bicyclic) bond motifs is 3. The minimum absolute atomic E-state index is 0.198. The second-order valence-electron chi connectivity index (χ2n) is 7.67. The first kappa shape index (κ1) is 18.6. The molecule has 0 fully saturated rings. The summed E-state index contributed by atoms with van der Waals surface area (Å²) >= 11 is 12.8. The Labute approximate surface area is 181 Å². The van der Waals surface area contributed by atoms with Gasteiger partial charge in [-0.05, 0) is 53.3 Å². The van der Waals surface area contributed by atoms with Gasteiger partial charge in [0.1, 0.15) is 12.4 Å². The van der Waals surface area contributed by atoms with Crippen molar-refractivity contribution in [1.82, 2.24) is 0 Å². The molecule has 0 bridgehead atoms. The van der Waals surface area contributed by atoms with Gasteiger partial charge in [0, 0.05) is 10.9 Å². The summed E-state index contributed by atoms with van der Waals surface area (Å²) < 4.78 is 5.94. The van der Waals surface area contributed by atoms with Crippen LogP contribution in [-0.2, 0) is 6.61 Å². The lowest BCUT2D eigenvalue weighted by molar-refractivity contribution is 0.306. The van der Waals surface area contributed by atoms with Gasteiger partial charge >= 0.3 is 0 Å². The summed E-state index contributed by atoms with van der Waals surface area (Å²) in [4.78, 5) is 0. The van der Waals surface area contributed by atoms with Gasteiger partial charge < -0.3 is 10.1 Å². The van der Waals surface area contributed by atoms with Crippen LogP contribution in [0.5, 0.6) is 5.75 Å². The zero-order valence-electron chi connectivity index (χ0n) is 15.8. The van der Waals surface area contributed by atoms with Gasteiger partial charge in [0.2, 0.25) is 0 Å². The molecule has 2 aliphatic rings. The number of rotatable bonds is 4. The van der Waals surface area contributed by atoms with Crippen LogP contribution in [-0.4, -0.2) is 0 Å². The van der Waals surface area contributed by atoms with Crippen molar-refractivity contribution in [3.05, 3.63) is 106 Å². The average Bonchev–Trinajstić information content (AvgIpc) is 3.23. The zero-order valence-corrected chi connectivity index (χ0v) is 17.3. The van der Waals surface area contributed by atoms with Crippen LogP contribution in [0.15, 0.2) is 78.9 Å². The number of allylic oxidation sites excluding steroid dienone is 2. The van der Waals surface area contributed by atoms with E-state index in [0.29, 0.717) is 28.5 Å². The van der Waals surface area contributed by atoms with Crippen molar-refractivity contribution in [3.8, 4) is 5.75 Å². The predicted molar refractivity (Wildman–Crippen MR) is 120 cm³/mol. The molecule has 146 valence electrons. The van der Waals surface area contributed by atoms with E-state index in [1.54, 1.807) is 0 Å². The Bertz CT molecular complexity index is 1050. The zero-order chi connectivity index (χ0) is 19.8. The lowest BCUT2D eigenvalue weighted by atomic mass is 9.77. The van der Waals surface area contributed by atoms with Crippen LogP contribution in [0.1, 0.15) is 35.1 Å². The fourth-order valence-electron chi connectivity index (χ4n) is 4.46. The summed E-state index contributed by atoms with van der Waals surface area (Å²) in [5, 5.41) is 5.05. The molecule has 0 spiro atoms. The average molecular weight is 422 g/mol. The molecule has 4 heteroatoms. The summed E-state index contributed by atoms with van der Waals surface area (Å²) in [6.45, 7) is 0.570. The molecule has 0 saturated carbocycles. The molecule has 1 N–H and O–H groups in total. The highest BCUT2D eigenvalue weighted by Crippen LogP contribution is 2.52. The Morgan fingerprint density at radius 2 is 1.76 bits per heavy atom. The van der Waals surface area contributed by atoms with E-state index >= 15 is 0 Å². The minimum atomic E-state index is 0.198. The number of halogens is 2. The smallest absolute Gasteiger partial charge is 0.119 e.